The van der Waals surface area contributed by atoms with Crippen molar-refractivity contribution in [1.82, 2.24) is 9.97 Å². The van der Waals surface area contributed by atoms with Gasteiger partial charge in [0, 0.05) is 10.4 Å². The highest BCUT2D eigenvalue weighted by atomic mass is 32.1. The van der Waals surface area contributed by atoms with E-state index in [0.717, 1.165) is 11.2 Å². The Morgan fingerprint density at radius 3 is 2.40 bits per heavy atom. The van der Waals surface area contributed by atoms with Crippen molar-refractivity contribution in [3.05, 3.63) is 83.0 Å². The summed E-state index contributed by atoms with van der Waals surface area (Å²) in [6, 6.07) is 22.5. The number of benzene rings is 3. The monoisotopic (exact) mass is 506 g/mol. The summed E-state index contributed by atoms with van der Waals surface area (Å²) in [6.45, 7) is 14.5. The van der Waals surface area contributed by atoms with E-state index in [2.05, 4.69) is 106 Å². The number of hydrogen-bond acceptors (Lipinski definition) is 3. The Morgan fingerprint density at radius 2 is 1.63 bits per heavy atom. The maximum absolute atomic E-state index is 4.87. The topological polar surface area (TPSA) is 25.8 Å². The van der Waals surface area contributed by atoms with E-state index >= 15 is 0 Å². The molecule has 0 atom stereocenters. The zero-order valence-corrected chi connectivity index (χ0v) is 24.0. The highest BCUT2D eigenvalue weighted by Crippen LogP contribution is 2.44. The first-order valence-corrected chi connectivity index (χ1v) is 19.6. The third-order valence-corrected chi connectivity index (χ3v) is 14.6. The largest absolute Gasteiger partial charge is 0.235 e. The van der Waals surface area contributed by atoms with Gasteiger partial charge < -0.3 is 0 Å². The lowest BCUT2D eigenvalue weighted by Crippen LogP contribution is -2.40. The predicted octanol–water partition coefficient (Wildman–Crippen LogP) is 7.37. The molecule has 35 heavy (non-hydrogen) atoms. The van der Waals surface area contributed by atoms with E-state index in [9.17, 15) is 0 Å². The predicted molar refractivity (Wildman–Crippen MR) is 160 cm³/mol. The first-order chi connectivity index (χ1) is 16.7. The van der Waals surface area contributed by atoms with Gasteiger partial charge in [0.1, 0.15) is 14.4 Å². The van der Waals surface area contributed by atoms with E-state index in [1.807, 2.05) is 11.3 Å². The van der Waals surface area contributed by atoms with E-state index in [0.29, 0.717) is 0 Å². The quantitative estimate of drug-likeness (QED) is 0.239. The molecule has 5 aromatic rings. The Labute approximate surface area is 213 Å². The van der Waals surface area contributed by atoms with Crippen molar-refractivity contribution in [1.29, 1.82) is 0 Å². The van der Waals surface area contributed by atoms with Gasteiger partial charge in [0.25, 0.3) is 0 Å². The van der Waals surface area contributed by atoms with Crippen molar-refractivity contribution in [3.8, 4) is 11.3 Å². The van der Waals surface area contributed by atoms with Crippen LogP contribution in [-0.2, 0) is 0 Å². The van der Waals surface area contributed by atoms with Crippen molar-refractivity contribution in [2.75, 3.05) is 0 Å². The van der Waals surface area contributed by atoms with Crippen LogP contribution in [0.4, 0.5) is 0 Å². The molecule has 3 aromatic carbocycles. The average Bonchev–Trinajstić information content (AvgIpc) is 3.31. The van der Waals surface area contributed by atoms with Gasteiger partial charge in [-0.25, -0.2) is 9.97 Å². The molecular weight excluding hydrogens is 477 g/mol. The molecule has 0 saturated carbocycles. The van der Waals surface area contributed by atoms with Crippen molar-refractivity contribution in [3.63, 3.8) is 0 Å². The molecular formula is C30H30N2SSi2. The summed E-state index contributed by atoms with van der Waals surface area (Å²) in [5, 5.41) is 7.22. The molecule has 2 nitrogen and oxygen atoms in total. The summed E-state index contributed by atoms with van der Waals surface area (Å²) in [6.07, 6.45) is 4.19. The second-order valence-electron chi connectivity index (χ2n) is 11.2. The molecule has 0 amide bonds. The van der Waals surface area contributed by atoms with Crippen molar-refractivity contribution >= 4 is 70.1 Å². The maximum atomic E-state index is 4.87. The van der Waals surface area contributed by atoms with Gasteiger partial charge in [-0.3, -0.25) is 0 Å². The molecule has 6 rings (SSSR count). The number of fused-ring (bicyclic) bond motifs is 3. The molecule has 0 N–H and O–H groups in total. The molecule has 1 aliphatic rings. The van der Waals surface area contributed by atoms with Gasteiger partial charge in [-0.05, 0) is 45.3 Å². The molecule has 0 fully saturated rings. The number of aryl methyl sites for hydroxylation is 1. The van der Waals surface area contributed by atoms with Gasteiger partial charge in [0.15, 0.2) is 0 Å². The lowest BCUT2D eigenvalue weighted by molar-refractivity contribution is 1.22. The van der Waals surface area contributed by atoms with Crippen LogP contribution in [0.2, 0.25) is 32.7 Å². The van der Waals surface area contributed by atoms with Crippen LogP contribution in [0.25, 0.3) is 43.5 Å². The minimum atomic E-state index is -1.76. The van der Waals surface area contributed by atoms with E-state index in [1.165, 1.54) is 52.6 Å². The van der Waals surface area contributed by atoms with E-state index in [-0.39, 0.29) is 0 Å². The number of hydrogen-bond donors (Lipinski definition) is 0. The Kier molecular flexibility index (Phi) is 5.05. The van der Waals surface area contributed by atoms with Crippen LogP contribution in [0.3, 0.4) is 0 Å². The van der Waals surface area contributed by atoms with Gasteiger partial charge in [-0.2, -0.15) is 0 Å². The van der Waals surface area contributed by atoms with Gasteiger partial charge >= 0.3 is 0 Å². The van der Waals surface area contributed by atoms with E-state index in [1.54, 1.807) is 6.33 Å². The molecule has 3 heterocycles. The van der Waals surface area contributed by atoms with Crippen LogP contribution < -0.4 is 10.4 Å². The summed E-state index contributed by atoms with van der Waals surface area (Å²) >= 11 is 1.89. The van der Waals surface area contributed by atoms with Gasteiger partial charge in [-0.15, -0.1) is 11.3 Å². The fourth-order valence-corrected chi connectivity index (χ4v) is 12.3. The standard InChI is InChI=1S/C30H30N2SSi2/c1-19-27-30(33-29(19)26-16-21-12-8-10-14-24(21)35(26,5)6)28(32-18-31-27)22-15-20-11-7-9-13-23(20)25(17-22)34(2,3)4/h7-18H,1-6H3. The second-order valence-corrected chi connectivity index (χ2v) is 21.6. The molecule has 5 heteroatoms. The molecule has 0 bridgehead atoms. The Balaban J connectivity index is 1.58. The van der Waals surface area contributed by atoms with Gasteiger partial charge in [-0.1, -0.05) is 98.6 Å². The van der Waals surface area contributed by atoms with Crippen LogP contribution in [0.5, 0.6) is 0 Å². The molecule has 1 aliphatic heterocycles. The summed E-state index contributed by atoms with van der Waals surface area (Å²) in [5.74, 6) is 0. The summed E-state index contributed by atoms with van der Waals surface area (Å²) in [5.41, 5.74) is 6.05. The fraction of sp³-hybridized carbons (Fsp3) is 0.200. The third kappa shape index (κ3) is 3.48. The normalized spacial score (nSPS) is 15.0. The minimum Gasteiger partial charge on any atom is -0.235 e. The van der Waals surface area contributed by atoms with Crippen LogP contribution in [-0.4, -0.2) is 26.1 Å². The number of nitrogens with zero attached hydrogens (tertiary/aromatic N) is 2. The second kappa shape index (κ2) is 7.82. The molecule has 174 valence electrons. The third-order valence-electron chi connectivity index (χ3n) is 7.50. The summed E-state index contributed by atoms with van der Waals surface area (Å²) < 4.78 is 1.21. The number of aromatic nitrogens is 2. The molecule has 0 spiro atoms. The van der Waals surface area contributed by atoms with Gasteiger partial charge in [0.05, 0.1) is 24.0 Å². The Morgan fingerprint density at radius 1 is 0.886 bits per heavy atom. The van der Waals surface area contributed by atoms with Crippen LogP contribution in [0.15, 0.2) is 67.0 Å². The van der Waals surface area contributed by atoms with Crippen LogP contribution in [0.1, 0.15) is 16.0 Å². The van der Waals surface area contributed by atoms with E-state index in [4.69, 9.17) is 9.97 Å². The molecule has 0 saturated heterocycles. The van der Waals surface area contributed by atoms with Crippen molar-refractivity contribution in [2.24, 2.45) is 0 Å². The molecule has 2 aromatic heterocycles. The molecule has 0 radical (unpaired) electrons. The van der Waals surface area contributed by atoms with Crippen molar-refractivity contribution in [2.45, 2.75) is 39.7 Å². The Hall–Kier alpha value is -2.87. The smallest absolute Gasteiger partial charge is 0.116 e. The lowest BCUT2D eigenvalue weighted by Gasteiger charge is -2.22. The average molecular weight is 507 g/mol. The first kappa shape index (κ1) is 22.6. The highest BCUT2D eigenvalue weighted by molar-refractivity contribution is 7.24. The number of rotatable bonds is 3. The number of thiophene rings is 1. The lowest BCUT2D eigenvalue weighted by atomic mass is 10.0. The minimum absolute atomic E-state index is 1.06. The van der Waals surface area contributed by atoms with Crippen LogP contribution >= 0.6 is 11.3 Å². The maximum Gasteiger partial charge on any atom is 0.116 e. The fourth-order valence-electron chi connectivity index (χ4n) is 5.58. The zero-order chi connectivity index (χ0) is 24.5. The van der Waals surface area contributed by atoms with Crippen LogP contribution in [0, 0.1) is 6.92 Å². The SMILES string of the molecule is Cc1c(C2=Cc3ccccc3[Si]2(C)C)sc2c(-c3cc([Si](C)(C)C)c4ccccc4c3)ncnc12. The van der Waals surface area contributed by atoms with Gasteiger partial charge in [0.2, 0.25) is 0 Å². The Bertz CT molecular complexity index is 1670. The first-order valence-electron chi connectivity index (χ1n) is 12.3. The molecule has 0 aliphatic carbocycles. The van der Waals surface area contributed by atoms with E-state index < -0.39 is 16.1 Å². The zero-order valence-electron chi connectivity index (χ0n) is 21.2. The summed E-state index contributed by atoms with van der Waals surface area (Å²) in [7, 11) is -3.32. The molecule has 0 unspecified atom stereocenters. The summed E-state index contributed by atoms with van der Waals surface area (Å²) in [4.78, 5) is 11.0. The van der Waals surface area contributed by atoms with Crippen molar-refractivity contribution < 1.29 is 0 Å². The highest BCUT2D eigenvalue weighted by Gasteiger charge is 2.37.